The molecule has 0 amide bonds. The third kappa shape index (κ3) is 2.56. The third-order valence-corrected chi connectivity index (χ3v) is 3.89. The normalized spacial score (nSPS) is 12.1. The van der Waals surface area contributed by atoms with Gasteiger partial charge in [0.15, 0.2) is 0 Å². The molecule has 0 aliphatic rings. The van der Waals surface area contributed by atoms with E-state index in [4.69, 9.17) is 5.26 Å². The van der Waals surface area contributed by atoms with Crippen LogP contribution in [0.15, 0.2) is 35.1 Å². The Morgan fingerprint density at radius 1 is 1.30 bits per heavy atom. The van der Waals surface area contributed by atoms with E-state index in [0.717, 1.165) is 11.2 Å². The molecule has 0 aliphatic heterocycles. The van der Waals surface area contributed by atoms with Crippen LogP contribution in [0.1, 0.15) is 18.5 Å². The first-order valence-electron chi connectivity index (χ1n) is 7.40. The molecule has 0 saturated heterocycles. The second-order valence-electron chi connectivity index (χ2n) is 5.51. The predicted octanol–water partition coefficient (Wildman–Crippen LogP) is 2.40. The second kappa shape index (κ2) is 5.94. The molecule has 114 valence electrons. The molecule has 3 rings (SSSR count). The Labute approximate surface area is 132 Å². The van der Waals surface area contributed by atoms with Gasteiger partial charge < -0.3 is 0 Å². The Balaban J connectivity index is 2.22. The van der Waals surface area contributed by atoms with Crippen molar-refractivity contribution in [2.75, 3.05) is 0 Å². The second-order valence-corrected chi connectivity index (χ2v) is 5.51. The van der Waals surface area contributed by atoms with Crippen LogP contribution in [0.25, 0.3) is 16.6 Å². The molecule has 23 heavy (non-hydrogen) atoms. The number of aryl methyl sites for hydroxylation is 1. The fourth-order valence-corrected chi connectivity index (χ4v) is 2.78. The average Bonchev–Trinajstić information content (AvgIpc) is 2.96. The average molecular weight is 305 g/mol. The van der Waals surface area contributed by atoms with Gasteiger partial charge >= 0.3 is 0 Å². The number of nitrogens with zero attached hydrogens (tertiary/aromatic N) is 5. The summed E-state index contributed by atoms with van der Waals surface area (Å²) < 4.78 is 3.33. The van der Waals surface area contributed by atoms with E-state index in [2.05, 4.69) is 11.2 Å². The van der Waals surface area contributed by atoms with E-state index < -0.39 is 0 Å². The fourth-order valence-electron chi connectivity index (χ4n) is 2.78. The van der Waals surface area contributed by atoms with Gasteiger partial charge in [-0.3, -0.25) is 9.36 Å². The van der Waals surface area contributed by atoms with Crippen molar-refractivity contribution in [1.82, 2.24) is 14.2 Å². The van der Waals surface area contributed by atoms with Crippen LogP contribution >= 0.6 is 0 Å². The van der Waals surface area contributed by atoms with E-state index in [-0.39, 0.29) is 18.0 Å². The molecule has 0 N–H and O–H groups in total. The lowest BCUT2D eigenvalue weighted by Gasteiger charge is -2.13. The van der Waals surface area contributed by atoms with Crippen LogP contribution in [0.3, 0.4) is 0 Å². The molecule has 0 radical (unpaired) electrons. The molecule has 3 aromatic rings. The molecular formula is C17H15N5O. The van der Waals surface area contributed by atoms with Crippen molar-refractivity contribution < 1.29 is 0 Å². The largest absolute Gasteiger partial charge is 0.291 e. The molecular weight excluding hydrogens is 290 g/mol. The zero-order valence-corrected chi connectivity index (χ0v) is 12.7. The Bertz CT molecular complexity index is 1020. The van der Waals surface area contributed by atoms with E-state index >= 15 is 0 Å². The van der Waals surface area contributed by atoms with Crippen molar-refractivity contribution in [3.05, 3.63) is 46.4 Å². The van der Waals surface area contributed by atoms with Crippen LogP contribution in [0.4, 0.5) is 0 Å². The molecule has 2 aromatic heterocycles. The molecule has 0 aliphatic carbocycles. The standard InChI is InChI=1S/C17H15N5O/c1-12-9-16-21(11-13(10-19)5-4-8-18)17(23)14-6-2-3-7-15(14)22(16)20-12/h2-3,6-7,9,13H,4-5,11H2,1H3. The maximum absolute atomic E-state index is 12.8. The number of fused-ring (bicyclic) bond motifs is 3. The van der Waals surface area contributed by atoms with Gasteiger partial charge in [-0.05, 0) is 25.5 Å². The minimum Gasteiger partial charge on any atom is -0.291 e. The quantitative estimate of drug-likeness (QED) is 0.740. The SMILES string of the molecule is Cc1cc2n(CC(C#N)CCC#N)c(=O)c3ccccc3n2n1. The highest BCUT2D eigenvalue weighted by molar-refractivity contribution is 5.80. The number of rotatable bonds is 4. The van der Waals surface area contributed by atoms with Crippen LogP contribution in [-0.2, 0) is 6.54 Å². The maximum Gasteiger partial charge on any atom is 0.261 e. The van der Waals surface area contributed by atoms with Crippen LogP contribution in [0.2, 0.25) is 0 Å². The zero-order valence-electron chi connectivity index (χ0n) is 12.7. The van der Waals surface area contributed by atoms with E-state index in [1.807, 2.05) is 37.3 Å². The first-order valence-corrected chi connectivity index (χ1v) is 7.40. The van der Waals surface area contributed by atoms with Gasteiger partial charge in [0.2, 0.25) is 0 Å². The van der Waals surface area contributed by atoms with E-state index in [9.17, 15) is 10.1 Å². The Hall–Kier alpha value is -3.12. The Morgan fingerprint density at radius 2 is 2.09 bits per heavy atom. The minimum atomic E-state index is -0.382. The summed E-state index contributed by atoms with van der Waals surface area (Å²) in [7, 11) is 0. The molecule has 1 unspecified atom stereocenters. The van der Waals surface area contributed by atoms with E-state index in [0.29, 0.717) is 23.9 Å². The highest BCUT2D eigenvalue weighted by atomic mass is 16.1. The molecule has 1 aromatic carbocycles. The summed E-state index contributed by atoms with van der Waals surface area (Å²) in [6.07, 6.45) is 0.751. The van der Waals surface area contributed by atoms with Crippen molar-refractivity contribution in [2.24, 2.45) is 5.92 Å². The number of para-hydroxylation sites is 1. The topological polar surface area (TPSA) is 86.9 Å². The first-order chi connectivity index (χ1) is 11.2. The van der Waals surface area contributed by atoms with Gasteiger partial charge in [0.1, 0.15) is 5.65 Å². The fraction of sp³-hybridized carbons (Fsp3) is 0.294. The lowest BCUT2D eigenvalue weighted by Crippen LogP contribution is -2.26. The first kappa shape index (κ1) is 14.8. The number of aromatic nitrogens is 3. The molecule has 6 nitrogen and oxygen atoms in total. The lowest BCUT2D eigenvalue weighted by atomic mass is 10.1. The smallest absolute Gasteiger partial charge is 0.261 e. The highest BCUT2D eigenvalue weighted by Gasteiger charge is 2.16. The van der Waals surface area contributed by atoms with Gasteiger partial charge in [-0.1, -0.05) is 12.1 Å². The molecule has 0 saturated carbocycles. The van der Waals surface area contributed by atoms with Gasteiger partial charge in [0.25, 0.3) is 5.56 Å². The highest BCUT2D eigenvalue weighted by Crippen LogP contribution is 2.16. The summed E-state index contributed by atoms with van der Waals surface area (Å²) >= 11 is 0. The molecule has 0 fully saturated rings. The summed E-state index contributed by atoms with van der Waals surface area (Å²) in [5, 5.41) is 23.0. The van der Waals surface area contributed by atoms with Gasteiger partial charge in [0.05, 0.1) is 34.7 Å². The third-order valence-electron chi connectivity index (χ3n) is 3.89. The van der Waals surface area contributed by atoms with Crippen LogP contribution in [0.5, 0.6) is 0 Å². The van der Waals surface area contributed by atoms with Crippen LogP contribution in [0, 0.1) is 35.5 Å². The van der Waals surface area contributed by atoms with Gasteiger partial charge in [-0.25, -0.2) is 4.52 Å². The zero-order chi connectivity index (χ0) is 16.4. The summed E-state index contributed by atoms with van der Waals surface area (Å²) in [6, 6.07) is 13.4. The summed E-state index contributed by atoms with van der Waals surface area (Å²) in [6.45, 7) is 2.13. The molecule has 0 spiro atoms. The Kier molecular flexibility index (Phi) is 3.82. The summed E-state index contributed by atoms with van der Waals surface area (Å²) in [4.78, 5) is 12.8. The van der Waals surface area contributed by atoms with E-state index in [1.54, 1.807) is 15.1 Å². The molecule has 2 heterocycles. The molecule has 1 atom stereocenters. The van der Waals surface area contributed by atoms with E-state index in [1.165, 1.54) is 0 Å². The number of hydrogen-bond donors (Lipinski definition) is 0. The van der Waals surface area contributed by atoms with Gasteiger partial charge in [0, 0.05) is 19.0 Å². The van der Waals surface area contributed by atoms with Crippen molar-refractivity contribution in [3.63, 3.8) is 0 Å². The summed E-state index contributed by atoms with van der Waals surface area (Å²) in [5.74, 6) is -0.382. The van der Waals surface area contributed by atoms with Gasteiger partial charge in [-0.15, -0.1) is 0 Å². The van der Waals surface area contributed by atoms with Crippen molar-refractivity contribution in [3.8, 4) is 12.1 Å². The molecule has 6 heteroatoms. The Morgan fingerprint density at radius 3 is 2.83 bits per heavy atom. The van der Waals surface area contributed by atoms with Crippen molar-refractivity contribution in [1.29, 1.82) is 10.5 Å². The van der Waals surface area contributed by atoms with Crippen LogP contribution in [-0.4, -0.2) is 14.2 Å². The van der Waals surface area contributed by atoms with Crippen molar-refractivity contribution in [2.45, 2.75) is 26.3 Å². The number of benzene rings is 1. The maximum atomic E-state index is 12.8. The van der Waals surface area contributed by atoms with Crippen molar-refractivity contribution >= 4 is 16.6 Å². The minimum absolute atomic E-state index is 0.134. The number of hydrogen-bond acceptors (Lipinski definition) is 4. The van der Waals surface area contributed by atoms with Gasteiger partial charge in [-0.2, -0.15) is 15.6 Å². The predicted molar refractivity (Wildman–Crippen MR) is 85.6 cm³/mol. The monoisotopic (exact) mass is 305 g/mol. The molecule has 0 bridgehead atoms. The lowest BCUT2D eigenvalue weighted by molar-refractivity contribution is 0.508. The van der Waals surface area contributed by atoms with Crippen LogP contribution < -0.4 is 5.56 Å². The number of nitriles is 2. The summed E-state index contributed by atoms with van der Waals surface area (Å²) in [5.41, 5.74) is 2.09.